The molecule has 0 saturated carbocycles. The predicted octanol–water partition coefficient (Wildman–Crippen LogP) is 1.71. The SMILES string of the molecule is NCCC(=O)NCC1CCCCN1C(=O)c1ccc(Cl)cc1[N+](=O)[O-]. The Morgan fingerprint density at radius 1 is 1.40 bits per heavy atom. The van der Waals surface area contributed by atoms with Crippen LogP contribution in [0.5, 0.6) is 0 Å². The summed E-state index contributed by atoms with van der Waals surface area (Å²) in [7, 11) is 0. The summed E-state index contributed by atoms with van der Waals surface area (Å²) in [6.45, 7) is 1.07. The van der Waals surface area contributed by atoms with E-state index in [9.17, 15) is 19.7 Å². The van der Waals surface area contributed by atoms with Gasteiger partial charge in [-0.25, -0.2) is 0 Å². The Bertz CT molecular complexity index is 668. The summed E-state index contributed by atoms with van der Waals surface area (Å²) in [5.41, 5.74) is 5.04. The molecule has 2 rings (SSSR count). The highest BCUT2D eigenvalue weighted by Crippen LogP contribution is 2.27. The molecule has 1 fully saturated rings. The molecule has 0 bridgehead atoms. The molecule has 1 aromatic rings. The third-order valence-corrected chi connectivity index (χ3v) is 4.42. The molecule has 0 spiro atoms. The van der Waals surface area contributed by atoms with Crippen LogP contribution in [0.1, 0.15) is 36.0 Å². The summed E-state index contributed by atoms with van der Waals surface area (Å²) in [6.07, 6.45) is 2.71. The van der Waals surface area contributed by atoms with Gasteiger partial charge in [0.15, 0.2) is 0 Å². The number of likely N-dealkylation sites (tertiary alicyclic amines) is 1. The summed E-state index contributed by atoms with van der Waals surface area (Å²) in [5.74, 6) is -0.584. The molecule has 1 heterocycles. The van der Waals surface area contributed by atoms with E-state index in [2.05, 4.69) is 5.32 Å². The average molecular weight is 369 g/mol. The zero-order valence-corrected chi connectivity index (χ0v) is 14.5. The van der Waals surface area contributed by atoms with E-state index in [1.807, 2.05) is 0 Å². The Kier molecular flexibility index (Phi) is 6.72. The van der Waals surface area contributed by atoms with Crippen LogP contribution in [0.15, 0.2) is 18.2 Å². The third kappa shape index (κ3) is 4.90. The summed E-state index contributed by atoms with van der Waals surface area (Å²) in [6, 6.07) is 3.82. The maximum Gasteiger partial charge on any atom is 0.283 e. The number of amides is 2. The third-order valence-electron chi connectivity index (χ3n) is 4.18. The maximum absolute atomic E-state index is 12.9. The molecule has 2 amide bonds. The van der Waals surface area contributed by atoms with Crippen molar-refractivity contribution in [2.75, 3.05) is 19.6 Å². The zero-order chi connectivity index (χ0) is 18.4. The molecule has 0 aliphatic carbocycles. The standard InChI is InChI=1S/C16H21ClN4O4/c17-11-4-5-13(14(9-11)21(24)25)16(23)20-8-2-1-3-12(20)10-19-15(22)6-7-18/h4-5,9,12H,1-3,6-8,10,18H2,(H,19,22). The van der Waals surface area contributed by atoms with Gasteiger partial charge in [-0.1, -0.05) is 11.6 Å². The van der Waals surface area contributed by atoms with Crippen LogP contribution >= 0.6 is 11.6 Å². The molecule has 3 N–H and O–H groups in total. The van der Waals surface area contributed by atoms with Crippen molar-refractivity contribution in [1.82, 2.24) is 10.2 Å². The second-order valence-corrected chi connectivity index (χ2v) is 6.35. The largest absolute Gasteiger partial charge is 0.354 e. The fourth-order valence-electron chi connectivity index (χ4n) is 2.92. The number of piperidine rings is 1. The lowest BCUT2D eigenvalue weighted by molar-refractivity contribution is -0.385. The van der Waals surface area contributed by atoms with Gasteiger partial charge in [-0.15, -0.1) is 0 Å². The van der Waals surface area contributed by atoms with Gasteiger partial charge >= 0.3 is 0 Å². The van der Waals surface area contributed by atoms with Crippen LogP contribution < -0.4 is 11.1 Å². The van der Waals surface area contributed by atoms with Gasteiger partial charge in [0.1, 0.15) is 5.56 Å². The molecular weight excluding hydrogens is 348 g/mol. The Morgan fingerprint density at radius 2 is 2.16 bits per heavy atom. The van der Waals surface area contributed by atoms with Crippen molar-refractivity contribution >= 4 is 29.1 Å². The Labute approximate surface area is 150 Å². The first kappa shape index (κ1) is 19.1. The highest BCUT2D eigenvalue weighted by atomic mass is 35.5. The van der Waals surface area contributed by atoms with E-state index in [1.54, 1.807) is 4.90 Å². The van der Waals surface area contributed by atoms with Gasteiger partial charge in [-0.05, 0) is 31.4 Å². The van der Waals surface area contributed by atoms with Crippen LogP contribution in [-0.4, -0.2) is 47.3 Å². The number of nitrogens with one attached hydrogen (secondary N) is 1. The number of nitrogens with two attached hydrogens (primary N) is 1. The Balaban J connectivity index is 2.18. The number of nitro groups is 1. The van der Waals surface area contributed by atoms with Gasteiger partial charge in [-0.2, -0.15) is 0 Å². The lowest BCUT2D eigenvalue weighted by Gasteiger charge is -2.35. The summed E-state index contributed by atoms with van der Waals surface area (Å²) < 4.78 is 0. The first-order valence-corrected chi connectivity index (χ1v) is 8.53. The average Bonchev–Trinajstić information content (AvgIpc) is 2.59. The van der Waals surface area contributed by atoms with Crippen molar-refractivity contribution in [1.29, 1.82) is 0 Å². The molecule has 9 heteroatoms. The molecule has 1 aliphatic heterocycles. The molecule has 25 heavy (non-hydrogen) atoms. The number of benzene rings is 1. The minimum absolute atomic E-state index is 0.00887. The minimum Gasteiger partial charge on any atom is -0.354 e. The molecule has 1 saturated heterocycles. The molecular formula is C16H21ClN4O4. The topological polar surface area (TPSA) is 119 Å². The normalized spacial score (nSPS) is 17.2. The van der Waals surface area contributed by atoms with E-state index in [0.29, 0.717) is 13.1 Å². The van der Waals surface area contributed by atoms with Crippen molar-refractivity contribution in [2.24, 2.45) is 5.73 Å². The van der Waals surface area contributed by atoms with Crippen molar-refractivity contribution in [3.8, 4) is 0 Å². The highest BCUT2D eigenvalue weighted by Gasteiger charge is 2.31. The van der Waals surface area contributed by atoms with Crippen LogP contribution in [0.3, 0.4) is 0 Å². The maximum atomic E-state index is 12.9. The van der Waals surface area contributed by atoms with E-state index in [4.69, 9.17) is 17.3 Å². The quantitative estimate of drug-likeness (QED) is 0.585. The van der Waals surface area contributed by atoms with Gasteiger partial charge < -0.3 is 16.0 Å². The van der Waals surface area contributed by atoms with Crippen LogP contribution in [0, 0.1) is 10.1 Å². The smallest absolute Gasteiger partial charge is 0.283 e. The first-order valence-electron chi connectivity index (χ1n) is 8.15. The van der Waals surface area contributed by atoms with E-state index in [-0.39, 0.29) is 41.2 Å². The second kappa shape index (κ2) is 8.77. The second-order valence-electron chi connectivity index (χ2n) is 5.91. The van der Waals surface area contributed by atoms with Gasteiger partial charge in [0, 0.05) is 43.2 Å². The summed E-state index contributed by atoms with van der Waals surface area (Å²) in [5, 5.41) is 14.2. The number of hydrogen-bond acceptors (Lipinski definition) is 5. The number of nitrogens with zero attached hydrogens (tertiary/aromatic N) is 2. The minimum atomic E-state index is -0.610. The number of halogens is 1. The van der Waals surface area contributed by atoms with Crippen molar-refractivity contribution in [3.63, 3.8) is 0 Å². The number of carbonyl (C=O) groups is 2. The Morgan fingerprint density at radius 3 is 2.84 bits per heavy atom. The van der Waals surface area contributed by atoms with Crippen LogP contribution in [0.4, 0.5) is 5.69 Å². The number of nitro benzene ring substituents is 1. The lowest BCUT2D eigenvalue weighted by Crippen LogP contribution is -2.49. The van der Waals surface area contributed by atoms with Crippen molar-refractivity contribution in [2.45, 2.75) is 31.7 Å². The van der Waals surface area contributed by atoms with Gasteiger partial charge in [0.25, 0.3) is 11.6 Å². The van der Waals surface area contributed by atoms with Gasteiger partial charge in [0.2, 0.25) is 5.91 Å². The Hall–Kier alpha value is -2.19. The molecule has 1 aliphatic rings. The van der Waals surface area contributed by atoms with Gasteiger partial charge in [0.05, 0.1) is 4.92 Å². The predicted molar refractivity (Wildman–Crippen MR) is 93.5 cm³/mol. The molecule has 136 valence electrons. The number of rotatable bonds is 6. The zero-order valence-electron chi connectivity index (χ0n) is 13.7. The van der Waals surface area contributed by atoms with Gasteiger partial charge in [-0.3, -0.25) is 19.7 Å². The molecule has 1 aromatic carbocycles. The monoisotopic (exact) mass is 368 g/mol. The van der Waals surface area contributed by atoms with E-state index < -0.39 is 10.8 Å². The lowest BCUT2D eigenvalue weighted by atomic mass is 10.00. The van der Waals surface area contributed by atoms with Crippen molar-refractivity contribution < 1.29 is 14.5 Å². The molecule has 1 atom stereocenters. The highest BCUT2D eigenvalue weighted by molar-refractivity contribution is 6.31. The van der Waals surface area contributed by atoms with Crippen LogP contribution in [0.25, 0.3) is 0 Å². The van der Waals surface area contributed by atoms with Crippen molar-refractivity contribution in [3.05, 3.63) is 38.9 Å². The summed E-state index contributed by atoms with van der Waals surface area (Å²) >= 11 is 5.81. The van der Waals surface area contributed by atoms with Crippen LogP contribution in [-0.2, 0) is 4.79 Å². The fraction of sp³-hybridized carbons (Fsp3) is 0.500. The molecule has 8 nitrogen and oxygen atoms in total. The molecule has 0 aromatic heterocycles. The summed E-state index contributed by atoms with van der Waals surface area (Å²) in [4.78, 5) is 36.7. The number of hydrogen-bond donors (Lipinski definition) is 2. The first-order chi connectivity index (χ1) is 11.9. The fourth-order valence-corrected chi connectivity index (χ4v) is 3.09. The molecule has 0 radical (unpaired) electrons. The van der Waals surface area contributed by atoms with Crippen LogP contribution in [0.2, 0.25) is 5.02 Å². The molecule has 1 unspecified atom stereocenters. The van der Waals surface area contributed by atoms with E-state index in [0.717, 1.165) is 19.3 Å². The van der Waals surface area contributed by atoms with E-state index in [1.165, 1.54) is 18.2 Å². The van der Waals surface area contributed by atoms with E-state index >= 15 is 0 Å². The number of carbonyl (C=O) groups excluding carboxylic acids is 2.